The Kier molecular flexibility index (Phi) is 4.42. The molecule has 27 heavy (non-hydrogen) atoms. The van der Waals surface area contributed by atoms with Crippen LogP contribution >= 0.6 is 0 Å². The Hall–Kier alpha value is -3.48. The van der Waals surface area contributed by atoms with Gasteiger partial charge in [0.2, 0.25) is 5.95 Å². The number of fused-ring (bicyclic) bond motifs is 1. The van der Waals surface area contributed by atoms with Crippen LogP contribution in [0.4, 0.5) is 21.8 Å². The van der Waals surface area contributed by atoms with Crippen molar-refractivity contribution in [3.8, 4) is 0 Å². The maximum absolute atomic E-state index is 13.9. The number of anilines is 3. The molecule has 0 aliphatic heterocycles. The van der Waals surface area contributed by atoms with Crippen LogP contribution in [0, 0.1) is 12.7 Å². The van der Waals surface area contributed by atoms with Crippen molar-refractivity contribution < 1.29 is 4.39 Å². The second kappa shape index (κ2) is 7.03. The van der Waals surface area contributed by atoms with Crippen LogP contribution in [-0.4, -0.2) is 19.7 Å². The molecule has 0 unspecified atom stereocenters. The molecule has 2 N–H and O–H groups in total. The van der Waals surface area contributed by atoms with E-state index in [0.717, 1.165) is 16.6 Å². The lowest BCUT2D eigenvalue weighted by Crippen LogP contribution is -2.08. The molecule has 4 aromatic rings. The van der Waals surface area contributed by atoms with Gasteiger partial charge in [-0.3, -0.25) is 4.68 Å². The smallest absolute Gasteiger partial charge is 0.227 e. The van der Waals surface area contributed by atoms with Crippen molar-refractivity contribution >= 4 is 28.5 Å². The van der Waals surface area contributed by atoms with Crippen molar-refractivity contribution in [2.45, 2.75) is 13.5 Å². The number of benzene rings is 2. The molecule has 2 aromatic heterocycles. The number of aryl methyl sites for hydroxylation is 2. The number of halogens is 1. The van der Waals surface area contributed by atoms with E-state index in [0.29, 0.717) is 29.5 Å². The van der Waals surface area contributed by atoms with Crippen LogP contribution in [0.5, 0.6) is 0 Å². The number of para-hydroxylation sites is 1. The quantitative estimate of drug-likeness (QED) is 0.558. The summed E-state index contributed by atoms with van der Waals surface area (Å²) in [5.41, 5.74) is 3.31. The third-order valence-electron chi connectivity index (χ3n) is 4.39. The van der Waals surface area contributed by atoms with Crippen LogP contribution < -0.4 is 10.6 Å². The molecule has 7 heteroatoms. The fourth-order valence-corrected chi connectivity index (χ4v) is 2.85. The minimum atomic E-state index is -0.259. The molecule has 136 valence electrons. The van der Waals surface area contributed by atoms with Crippen molar-refractivity contribution in [2.24, 2.45) is 7.05 Å². The number of aromatic nitrogens is 4. The molecule has 0 fully saturated rings. The summed E-state index contributed by atoms with van der Waals surface area (Å²) in [6, 6.07) is 14.6. The van der Waals surface area contributed by atoms with Crippen molar-refractivity contribution in [1.29, 1.82) is 0 Å². The van der Waals surface area contributed by atoms with Gasteiger partial charge in [0.25, 0.3) is 0 Å². The van der Waals surface area contributed by atoms with Crippen LogP contribution in [0.15, 0.2) is 54.7 Å². The Labute approximate surface area is 156 Å². The highest BCUT2D eigenvalue weighted by Gasteiger charge is 2.13. The molecule has 0 aliphatic rings. The van der Waals surface area contributed by atoms with Crippen LogP contribution in [0.25, 0.3) is 11.0 Å². The second-order valence-corrected chi connectivity index (χ2v) is 6.29. The second-order valence-electron chi connectivity index (χ2n) is 6.29. The number of hydrogen-bond donors (Lipinski definition) is 2. The summed E-state index contributed by atoms with van der Waals surface area (Å²) < 4.78 is 15.6. The van der Waals surface area contributed by atoms with Gasteiger partial charge in [0, 0.05) is 24.8 Å². The van der Waals surface area contributed by atoms with Gasteiger partial charge >= 0.3 is 0 Å². The van der Waals surface area contributed by atoms with E-state index < -0.39 is 0 Å². The molecule has 0 spiro atoms. The first kappa shape index (κ1) is 17.0. The highest BCUT2D eigenvalue weighted by molar-refractivity contribution is 5.89. The fourth-order valence-electron chi connectivity index (χ4n) is 2.85. The molecule has 0 radical (unpaired) electrons. The summed E-state index contributed by atoms with van der Waals surface area (Å²) in [4.78, 5) is 9.11. The summed E-state index contributed by atoms with van der Waals surface area (Å²) in [6.07, 6.45) is 1.73. The van der Waals surface area contributed by atoms with E-state index in [1.165, 1.54) is 6.07 Å². The van der Waals surface area contributed by atoms with E-state index >= 15 is 0 Å². The van der Waals surface area contributed by atoms with Gasteiger partial charge < -0.3 is 10.6 Å². The largest absolute Gasteiger partial charge is 0.350 e. The SMILES string of the molecule is Cc1ccccc1Nc1nc(NCc2ccccc2F)nc2c1cnn2C. The van der Waals surface area contributed by atoms with E-state index in [9.17, 15) is 4.39 Å². The fraction of sp³-hybridized carbons (Fsp3) is 0.150. The van der Waals surface area contributed by atoms with Gasteiger partial charge in [0.05, 0.1) is 11.6 Å². The molecule has 0 aliphatic carbocycles. The Morgan fingerprint density at radius 1 is 1.04 bits per heavy atom. The van der Waals surface area contributed by atoms with Crippen LogP contribution in [0.2, 0.25) is 0 Å². The molecular weight excluding hydrogens is 343 g/mol. The molecular formula is C20H19FN6. The van der Waals surface area contributed by atoms with Crippen molar-refractivity contribution in [1.82, 2.24) is 19.7 Å². The number of nitrogens with zero attached hydrogens (tertiary/aromatic N) is 4. The molecule has 0 bridgehead atoms. The van der Waals surface area contributed by atoms with E-state index in [4.69, 9.17) is 0 Å². The molecule has 4 rings (SSSR count). The summed E-state index contributed by atoms with van der Waals surface area (Å²) in [7, 11) is 1.83. The third-order valence-corrected chi connectivity index (χ3v) is 4.39. The third kappa shape index (κ3) is 3.44. The lowest BCUT2D eigenvalue weighted by molar-refractivity contribution is 0.612. The standard InChI is InChI=1S/C20H19FN6/c1-13-7-3-6-10-17(13)24-18-15-12-23-27(2)19(15)26-20(25-18)22-11-14-8-4-5-9-16(14)21/h3-10,12H,11H2,1-2H3,(H2,22,24,25,26). The summed E-state index contributed by atoms with van der Waals surface area (Å²) in [5.74, 6) is 0.800. The lowest BCUT2D eigenvalue weighted by atomic mass is 10.2. The van der Waals surface area contributed by atoms with Crippen LogP contribution in [0.3, 0.4) is 0 Å². The minimum absolute atomic E-state index is 0.259. The van der Waals surface area contributed by atoms with Gasteiger partial charge in [-0.1, -0.05) is 36.4 Å². The first-order valence-corrected chi connectivity index (χ1v) is 8.61. The van der Waals surface area contributed by atoms with Gasteiger partial charge in [0.15, 0.2) is 5.65 Å². The molecule has 0 atom stereocenters. The predicted octanol–water partition coefficient (Wildman–Crippen LogP) is 4.17. The normalized spacial score (nSPS) is 10.9. The maximum Gasteiger partial charge on any atom is 0.227 e. The monoisotopic (exact) mass is 362 g/mol. The van der Waals surface area contributed by atoms with E-state index in [2.05, 4.69) is 25.7 Å². The van der Waals surface area contributed by atoms with Gasteiger partial charge in [-0.2, -0.15) is 15.1 Å². The number of hydrogen-bond acceptors (Lipinski definition) is 5. The van der Waals surface area contributed by atoms with E-state index in [1.807, 2.05) is 38.2 Å². The highest BCUT2D eigenvalue weighted by Crippen LogP contribution is 2.26. The van der Waals surface area contributed by atoms with Crippen LogP contribution in [-0.2, 0) is 13.6 Å². The Bertz CT molecular complexity index is 1100. The van der Waals surface area contributed by atoms with E-state index in [-0.39, 0.29) is 5.82 Å². The first-order valence-electron chi connectivity index (χ1n) is 8.61. The lowest BCUT2D eigenvalue weighted by Gasteiger charge is -2.12. The average molecular weight is 362 g/mol. The van der Waals surface area contributed by atoms with Gasteiger partial charge in [-0.05, 0) is 24.6 Å². The number of nitrogens with one attached hydrogen (secondary N) is 2. The van der Waals surface area contributed by atoms with Crippen molar-refractivity contribution in [3.63, 3.8) is 0 Å². The van der Waals surface area contributed by atoms with Gasteiger partial charge in [-0.15, -0.1) is 0 Å². The zero-order valence-corrected chi connectivity index (χ0v) is 15.1. The summed E-state index contributed by atoms with van der Waals surface area (Å²) >= 11 is 0. The van der Waals surface area contributed by atoms with Gasteiger partial charge in [0.1, 0.15) is 11.6 Å². The highest BCUT2D eigenvalue weighted by atomic mass is 19.1. The van der Waals surface area contributed by atoms with Crippen LogP contribution in [0.1, 0.15) is 11.1 Å². The predicted molar refractivity (Wildman–Crippen MR) is 104 cm³/mol. The number of rotatable bonds is 5. The minimum Gasteiger partial charge on any atom is -0.350 e. The average Bonchev–Trinajstić information content (AvgIpc) is 3.04. The zero-order valence-electron chi connectivity index (χ0n) is 15.1. The molecule has 0 saturated heterocycles. The molecule has 6 nitrogen and oxygen atoms in total. The van der Waals surface area contributed by atoms with Gasteiger partial charge in [-0.25, -0.2) is 4.39 Å². The summed E-state index contributed by atoms with van der Waals surface area (Å²) in [5, 5.41) is 11.6. The molecule has 0 saturated carbocycles. The maximum atomic E-state index is 13.9. The topological polar surface area (TPSA) is 67.7 Å². The molecule has 2 aromatic carbocycles. The Balaban J connectivity index is 1.68. The Morgan fingerprint density at radius 3 is 2.63 bits per heavy atom. The zero-order chi connectivity index (χ0) is 18.8. The Morgan fingerprint density at radius 2 is 1.81 bits per heavy atom. The summed E-state index contributed by atoms with van der Waals surface area (Å²) in [6.45, 7) is 2.32. The van der Waals surface area contributed by atoms with Crippen molar-refractivity contribution in [2.75, 3.05) is 10.6 Å². The molecule has 0 amide bonds. The first-order chi connectivity index (χ1) is 13.1. The van der Waals surface area contributed by atoms with E-state index in [1.54, 1.807) is 29.1 Å². The van der Waals surface area contributed by atoms with Crippen molar-refractivity contribution in [3.05, 3.63) is 71.7 Å². The molecule has 2 heterocycles.